The summed E-state index contributed by atoms with van der Waals surface area (Å²) in [7, 11) is 0. The summed E-state index contributed by atoms with van der Waals surface area (Å²) in [6.45, 7) is 6.23. The highest BCUT2D eigenvalue weighted by Crippen LogP contribution is 2.27. The van der Waals surface area contributed by atoms with E-state index >= 15 is 0 Å². The number of ether oxygens (including phenoxy) is 1. The van der Waals surface area contributed by atoms with Gasteiger partial charge in [-0.1, -0.05) is 54.6 Å². The largest absolute Gasteiger partial charge is 0.372 e. The number of nitrogens with zero attached hydrogens (tertiary/aromatic N) is 2. The number of Topliss-reactive ketones (excluding diaryl/α,β-unsaturated/α-hetero) is 1. The second-order valence-corrected chi connectivity index (χ2v) is 7.59. The minimum Gasteiger partial charge on any atom is -0.372 e. The topological polar surface area (TPSA) is 32.8 Å². The lowest BCUT2D eigenvalue weighted by atomic mass is 9.97. The van der Waals surface area contributed by atoms with Crippen LogP contribution in [0.25, 0.3) is 0 Å². The van der Waals surface area contributed by atoms with Crippen LogP contribution < -0.4 is 0 Å². The van der Waals surface area contributed by atoms with Crippen LogP contribution in [0.15, 0.2) is 54.6 Å². The van der Waals surface area contributed by atoms with Gasteiger partial charge in [0, 0.05) is 39.1 Å². The molecule has 0 aromatic heterocycles. The maximum absolute atomic E-state index is 12.3. The molecule has 0 amide bonds. The van der Waals surface area contributed by atoms with Gasteiger partial charge in [0.05, 0.1) is 19.3 Å². The van der Waals surface area contributed by atoms with Crippen LogP contribution in [0.4, 0.5) is 0 Å². The van der Waals surface area contributed by atoms with Crippen LogP contribution in [0.3, 0.4) is 0 Å². The van der Waals surface area contributed by atoms with E-state index in [1.165, 1.54) is 11.1 Å². The van der Waals surface area contributed by atoms with E-state index in [0.717, 1.165) is 51.3 Å². The fraction of sp³-hybridized carbons (Fsp3) is 0.435. The predicted octanol–water partition coefficient (Wildman–Crippen LogP) is 2.73. The molecule has 2 aliphatic rings. The molecule has 4 rings (SSSR count). The average Bonchev–Trinajstić information content (AvgIpc) is 2.70. The smallest absolute Gasteiger partial charge is 0.151 e. The van der Waals surface area contributed by atoms with Gasteiger partial charge in [-0.2, -0.15) is 0 Å². The van der Waals surface area contributed by atoms with Crippen LogP contribution in [-0.2, 0) is 22.4 Å². The molecule has 27 heavy (non-hydrogen) atoms. The van der Waals surface area contributed by atoms with E-state index in [4.69, 9.17) is 4.74 Å². The molecule has 0 aliphatic carbocycles. The van der Waals surface area contributed by atoms with Crippen LogP contribution in [0, 0.1) is 0 Å². The van der Waals surface area contributed by atoms with Gasteiger partial charge in [-0.15, -0.1) is 0 Å². The molecule has 0 spiro atoms. The lowest BCUT2D eigenvalue weighted by molar-refractivity contribution is -0.120. The van der Waals surface area contributed by atoms with Crippen molar-refractivity contribution in [3.05, 3.63) is 71.3 Å². The second kappa shape index (κ2) is 8.79. The Morgan fingerprint density at radius 2 is 1.63 bits per heavy atom. The first-order valence-electron chi connectivity index (χ1n) is 9.98. The summed E-state index contributed by atoms with van der Waals surface area (Å²) in [5, 5.41) is 0. The van der Waals surface area contributed by atoms with E-state index in [2.05, 4.69) is 34.1 Å². The SMILES string of the molecule is O=C(Cc1ccccc1)CN1CCN(CC2OCCc3ccccc32)CC1. The fourth-order valence-corrected chi connectivity index (χ4v) is 4.12. The molecule has 2 aliphatic heterocycles. The Labute approximate surface area is 161 Å². The van der Waals surface area contributed by atoms with Crippen molar-refractivity contribution < 1.29 is 9.53 Å². The van der Waals surface area contributed by atoms with E-state index < -0.39 is 0 Å². The third kappa shape index (κ3) is 4.83. The van der Waals surface area contributed by atoms with Gasteiger partial charge in [0.15, 0.2) is 5.78 Å². The van der Waals surface area contributed by atoms with Gasteiger partial charge >= 0.3 is 0 Å². The lowest BCUT2D eigenvalue weighted by Crippen LogP contribution is -2.49. The van der Waals surface area contributed by atoms with Crippen molar-refractivity contribution in [3.8, 4) is 0 Å². The monoisotopic (exact) mass is 364 g/mol. The zero-order chi connectivity index (χ0) is 18.5. The molecule has 1 unspecified atom stereocenters. The van der Waals surface area contributed by atoms with Gasteiger partial charge in [-0.3, -0.25) is 14.6 Å². The number of carbonyl (C=O) groups is 1. The van der Waals surface area contributed by atoms with Gasteiger partial charge < -0.3 is 4.74 Å². The van der Waals surface area contributed by atoms with E-state index in [-0.39, 0.29) is 6.10 Å². The number of hydrogen-bond acceptors (Lipinski definition) is 4. The van der Waals surface area contributed by atoms with Crippen molar-refractivity contribution in [2.45, 2.75) is 18.9 Å². The zero-order valence-electron chi connectivity index (χ0n) is 15.8. The van der Waals surface area contributed by atoms with Gasteiger partial charge in [-0.05, 0) is 23.1 Å². The summed E-state index contributed by atoms with van der Waals surface area (Å²) in [5.74, 6) is 0.305. The predicted molar refractivity (Wildman–Crippen MR) is 107 cm³/mol. The van der Waals surface area contributed by atoms with E-state index in [1.807, 2.05) is 30.3 Å². The van der Waals surface area contributed by atoms with Crippen molar-refractivity contribution in [2.75, 3.05) is 45.9 Å². The van der Waals surface area contributed by atoms with E-state index in [0.29, 0.717) is 18.7 Å². The lowest BCUT2D eigenvalue weighted by Gasteiger charge is -2.37. The highest BCUT2D eigenvalue weighted by atomic mass is 16.5. The summed E-state index contributed by atoms with van der Waals surface area (Å²) < 4.78 is 6.06. The number of benzene rings is 2. The number of ketones is 1. The summed E-state index contributed by atoms with van der Waals surface area (Å²) in [4.78, 5) is 17.1. The van der Waals surface area contributed by atoms with Crippen LogP contribution in [0.5, 0.6) is 0 Å². The quantitative estimate of drug-likeness (QED) is 0.789. The van der Waals surface area contributed by atoms with Gasteiger partial charge in [0.25, 0.3) is 0 Å². The molecule has 4 heteroatoms. The normalized spacial score (nSPS) is 21.0. The molecule has 142 valence electrons. The van der Waals surface area contributed by atoms with Crippen LogP contribution >= 0.6 is 0 Å². The molecule has 1 fully saturated rings. The van der Waals surface area contributed by atoms with Crippen molar-refractivity contribution in [3.63, 3.8) is 0 Å². The van der Waals surface area contributed by atoms with Gasteiger partial charge in [0.2, 0.25) is 0 Å². The first-order chi connectivity index (χ1) is 13.3. The molecule has 1 atom stereocenters. The molecule has 0 radical (unpaired) electrons. The third-order valence-corrected chi connectivity index (χ3v) is 5.63. The summed E-state index contributed by atoms with van der Waals surface area (Å²) in [6.07, 6.45) is 1.73. The Kier molecular flexibility index (Phi) is 5.97. The number of fused-ring (bicyclic) bond motifs is 1. The Hall–Kier alpha value is -2.01. The van der Waals surface area contributed by atoms with E-state index in [1.54, 1.807) is 0 Å². The number of rotatable bonds is 6. The molecule has 2 aromatic carbocycles. The van der Waals surface area contributed by atoms with Crippen molar-refractivity contribution >= 4 is 5.78 Å². The van der Waals surface area contributed by atoms with Crippen molar-refractivity contribution in [1.29, 1.82) is 0 Å². The Bertz CT molecular complexity index is 754. The third-order valence-electron chi connectivity index (χ3n) is 5.63. The summed E-state index contributed by atoms with van der Waals surface area (Å²) in [5.41, 5.74) is 3.89. The molecule has 0 N–H and O–H groups in total. The van der Waals surface area contributed by atoms with Crippen molar-refractivity contribution in [2.24, 2.45) is 0 Å². The molecule has 0 bridgehead atoms. The molecule has 2 aromatic rings. The minimum atomic E-state index is 0.182. The first-order valence-corrected chi connectivity index (χ1v) is 9.98. The number of piperazine rings is 1. The Morgan fingerprint density at radius 3 is 2.44 bits per heavy atom. The Morgan fingerprint density at radius 1 is 0.926 bits per heavy atom. The van der Waals surface area contributed by atoms with Gasteiger partial charge in [-0.25, -0.2) is 0 Å². The minimum absolute atomic E-state index is 0.182. The summed E-state index contributed by atoms with van der Waals surface area (Å²) >= 11 is 0. The highest BCUT2D eigenvalue weighted by Gasteiger charge is 2.25. The van der Waals surface area contributed by atoms with Crippen LogP contribution in [0.2, 0.25) is 0 Å². The second-order valence-electron chi connectivity index (χ2n) is 7.59. The first kappa shape index (κ1) is 18.4. The molecule has 2 heterocycles. The molecule has 1 saturated heterocycles. The molecular weight excluding hydrogens is 336 g/mol. The molecule has 4 nitrogen and oxygen atoms in total. The molecular formula is C23H28N2O2. The highest BCUT2D eigenvalue weighted by molar-refractivity contribution is 5.82. The van der Waals surface area contributed by atoms with Crippen LogP contribution in [0.1, 0.15) is 22.8 Å². The fourth-order valence-electron chi connectivity index (χ4n) is 4.12. The number of carbonyl (C=O) groups excluding carboxylic acids is 1. The average molecular weight is 364 g/mol. The van der Waals surface area contributed by atoms with Crippen LogP contribution in [-0.4, -0.2) is 61.5 Å². The Balaban J connectivity index is 1.24. The van der Waals surface area contributed by atoms with E-state index in [9.17, 15) is 4.79 Å². The van der Waals surface area contributed by atoms with Gasteiger partial charge in [0.1, 0.15) is 0 Å². The maximum atomic E-state index is 12.3. The standard InChI is InChI=1S/C23H28N2O2/c26-21(16-19-6-2-1-3-7-19)17-24-11-13-25(14-12-24)18-23-22-9-5-4-8-20(22)10-15-27-23/h1-9,23H,10-18H2. The summed E-state index contributed by atoms with van der Waals surface area (Å²) in [6, 6.07) is 18.7. The zero-order valence-corrected chi connectivity index (χ0v) is 15.8. The number of hydrogen-bond donors (Lipinski definition) is 0. The molecule has 0 saturated carbocycles. The van der Waals surface area contributed by atoms with Crippen molar-refractivity contribution in [1.82, 2.24) is 9.80 Å². The maximum Gasteiger partial charge on any atom is 0.151 e.